The summed E-state index contributed by atoms with van der Waals surface area (Å²) in [5.74, 6) is 0.784. The van der Waals surface area contributed by atoms with Gasteiger partial charge in [-0.15, -0.1) is 0 Å². The van der Waals surface area contributed by atoms with E-state index >= 15 is 0 Å². The van der Waals surface area contributed by atoms with Crippen molar-refractivity contribution in [3.63, 3.8) is 0 Å². The molecule has 0 aromatic carbocycles. The molecule has 2 heteroatoms. The lowest BCUT2D eigenvalue weighted by Crippen LogP contribution is -2.07. The topological polar surface area (TPSA) is 47.6 Å². The Morgan fingerprint density at radius 1 is 1.27 bits per heavy atom. The van der Waals surface area contributed by atoms with E-state index in [1.165, 1.54) is 44.6 Å². The SMILES string of the molecule is CC#N.CC(=CCC#N)C1CCCCC1. The zero-order valence-corrected chi connectivity index (χ0v) is 9.79. The van der Waals surface area contributed by atoms with Crippen molar-refractivity contribution in [2.45, 2.75) is 52.4 Å². The Bertz CT molecular complexity index is 259. The van der Waals surface area contributed by atoms with E-state index in [1.54, 1.807) is 6.07 Å². The Kier molecular flexibility index (Phi) is 8.49. The molecule has 0 N–H and O–H groups in total. The van der Waals surface area contributed by atoms with Crippen molar-refractivity contribution < 1.29 is 0 Å². The summed E-state index contributed by atoms with van der Waals surface area (Å²) in [6, 6.07) is 3.91. The predicted octanol–water partition coefficient (Wildman–Crippen LogP) is 3.96. The Labute approximate surface area is 93.2 Å². The number of nitriles is 2. The Morgan fingerprint density at radius 2 is 1.80 bits per heavy atom. The third-order valence-corrected chi connectivity index (χ3v) is 2.76. The lowest BCUT2D eigenvalue weighted by atomic mass is 9.84. The van der Waals surface area contributed by atoms with Crippen LogP contribution in [-0.4, -0.2) is 0 Å². The van der Waals surface area contributed by atoms with Crippen molar-refractivity contribution in [1.82, 2.24) is 0 Å². The summed E-state index contributed by atoms with van der Waals surface area (Å²) < 4.78 is 0. The van der Waals surface area contributed by atoms with Gasteiger partial charge in [-0.05, 0) is 25.7 Å². The van der Waals surface area contributed by atoms with Crippen LogP contribution in [0.25, 0.3) is 0 Å². The molecule has 1 saturated carbocycles. The fourth-order valence-electron chi connectivity index (χ4n) is 1.93. The van der Waals surface area contributed by atoms with Gasteiger partial charge in [-0.25, -0.2) is 0 Å². The third kappa shape index (κ3) is 6.75. The number of allylic oxidation sites excluding steroid dienone is 2. The van der Waals surface area contributed by atoms with Gasteiger partial charge in [-0.1, -0.05) is 30.9 Å². The number of hydrogen-bond donors (Lipinski definition) is 0. The minimum Gasteiger partial charge on any atom is -0.199 e. The van der Waals surface area contributed by atoms with E-state index in [0.29, 0.717) is 6.42 Å². The van der Waals surface area contributed by atoms with Gasteiger partial charge in [0.1, 0.15) is 0 Å². The van der Waals surface area contributed by atoms with Crippen LogP contribution in [0, 0.1) is 28.6 Å². The first kappa shape index (κ1) is 13.7. The van der Waals surface area contributed by atoms with E-state index < -0.39 is 0 Å². The summed E-state index contributed by atoms with van der Waals surface area (Å²) in [7, 11) is 0. The van der Waals surface area contributed by atoms with E-state index in [1.807, 2.05) is 0 Å². The van der Waals surface area contributed by atoms with Crippen LogP contribution in [0.4, 0.5) is 0 Å². The normalized spacial score (nSPS) is 16.9. The molecule has 1 rings (SSSR count). The molecule has 0 radical (unpaired) electrons. The van der Waals surface area contributed by atoms with Crippen LogP contribution in [0.15, 0.2) is 11.6 Å². The van der Waals surface area contributed by atoms with Crippen LogP contribution in [0.2, 0.25) is 0 Å². The van der Waals surface area contributed by atoms with Gasteiger partial charge >= 0.3 is 0 Å². The fraction of sp³-hybridized carbons (Fsp3) is 0.692. The minimum absolute atomic E-state index is 0.586. The summed E-state index contributed by atoms with van der Waals surface area (Å²) in [5, 5.41) is 15.7. The standard InChI is InChI=1S/C11H17N.C2H3N/c1-10(6-5-9-12)11-7-3-2-4-8-11;1-2-3/h6,11H,2-5,7-8H2,1H3;1H3. The zero-order chi connectivity index (χ0) is 11.5. The summed E-state index contributed by atoms with van der Waals surface area (Å²) in [6.07, 6.45) is 9.52. The maximum absolute atomic E-state index is 8.42. The van der Waals surface area contributed by atoms with Gasteiger partial charge in [0.15, 0.2) is 0 Å². The second-order valence-corrected chi connectivity index (χ2v) is 3.87. The lowest BCUT2D eigenvalue weighted by molar-refractivity contribution is 0.402. The second kappa shape index (κ2) is 9.28. The smallest absolute Gasteiger partial charge is 0.0663 e. The fourth-order valence-corrected chi connectivity index (χ4v) is 1.93. The van der Waals surface area contributed by atoms with Gasteiger partial charge in [0, 0.05) is 6.92 Å². The van der Waals surface area contributed by atoms with Crippen molar-refractivity contribution >= 4 is 0 Å². The second-order valence-electron chi connectivity index (χ2n) is 3.87. The number of hydrogen-bond acceptors (Lipinski definition) is 2. The van der Waals surface area contributed by atoms with Crippen LogP contribution in [0.1, 0.15) is 52.4 Å². The maximum atomic E-state index is 8.42. The summed E-state index contributed by atoms with van der Waals surface area (Å²) >= 11 is 0. The quantitative estimate of drug-likeness (QED) is 0.639. The molecule has 0 spiro atoms. The maximum Gasteiger partial charge on any atom is 0.0663 e. The van der Waals surface area contributed by atoms with Crippen molar-refractivity contribution in [3.05, 3.63) is 11.6 Å². The van der Waals surface area contributed by atoms with E-state index in [9.17, 15) is 0 Å². The molecule has 0 unspecified atom stereocenters. The van der Waals surface area contributed by atoms with Gasteiger partial charge in [0.25, 0.3) is 0 Å². The average Bonchev–Trinajstić information content (AvgIpc) is 2.28. The lowest BCUT2D eigenvalue weighted by Gasteiger charge is -2.22. The molecule has 1 aliphatic carbocycles. The third-order valence-electron chi connectivity index (χ3n) is 2.76. The monoisotopic (exact) mass is 204 g/mol. The van der Waals surface area contributed by atoms with Crippen LogP contribution >= 0.6 is 0 Å². The van der Waals surface area contributed by atoms with Crippen LogP contribution in [-0.2, 0) is 0 Å². The molecule has 15 heavy (non-hydrogen) atoms. The Morgan fingerprint density at radius 3 is 2.27 bits per heavy atom. The number of rotatable bonds is 2. The first-order valence-electron chi connectivity index (χ1n) is 5.60. The molecular formula is C13H20N2. The van der Waals surface area contributed by atoms with Gasteiger partial charge in [-0.2, -0.15) is 10.5 Å². The van der Waals surface area contributed by atoms with Crippen LogP contribution in [0.5, 0.6) is 0 Å². The van der Waals surface area contributed by atoms with E-state index in [2.05, 4.69) is 19.1 Å². The first-order valence-corrected chi connectivity index (χ1v) is 5.60. The summed E-state index contributed by atoms with van der Waals surface area (Å²) in [4.78, 5) is 0. The highest BCUT2D eigenvalue weighted by molar-refractivity contribution is 5.06. The molecule has 82 valence electrons. The summed E-state index contributed by atoms with van der Waals surface area (Å²) in [6.45, 7) is 3.60. The number of nitrogens with zero attached hydrogens (tertiary/aromatic N) is 2. The zero-order valence-electron chi connectivity index (χ0n) is 9.79. The first-order chi connectivity index (χ1) is 7.26. The molecule has 0 bridgehead atoms. The highest BCUT2D eigenvalue weighted by Gasteiger charge is 2.13. The van der Waals surface area contributed by atoms with Crippen molar-refractivity contribution in [2.75, 3.05) is 0 Å². The van der Waals surface area contributed by atoms with Crippen molar-refractivity contribution in [2.24, 2.45) is 5.92 Å². The highest BCUT2D eigenvalue weighted by atomic mass is 14.2. The molecule has 0 atom stereocenters. The molecule has 0 amide bonds. The van der Waals surface area contributed by atoms with Gasteiger partial charge in [0.2, 0.25) is 0 Å². The average molecular weight is 204 g/mol. The molecular weight excluding hydrogens is 184 g/mol. The summed E-state index contributed by atoms with van der Waals surface area (Å²) in [5.41, 5.74) is 1.44. The van der Waals surface area contributed by atoms with Crippen molar-refractivity contribution in [1.29, 1.82) is 10.5 Å². The molecule has 1 fully saturated rings. The molecule has 0 aromatic heterocycles. The minimum atomic E-state index is 0.586. The molecule has 2 nitrogen and oxygen atoms in total. The van der Waals surface area contributed by atoms with Crippen LogP contribution < -0.4 is 0 Å². The van der Waals surface area contributed by atoms with Crippen LogP contribution in [0.3, 0.4) is 0 Å². The van der Waals surface area contributed by atoms with E-state index in [4.69, 9.17) is 10.5 Å². The molecule has 0 heterocycles. The van der Waals surface area contributed by atoms with E-state index in [0.717, 1.165) is 5.92 Å². The molecule has 0 aromatic rings. The molecule has 1 aliphatic rings. The van der Waals surface area contributed by atoms with Gasteiger partial charge in [-0.3, -0.25) is 0 Å². The van der Waals surface area contributed by atoms with Gasteiger partial charge in [0.05, 0.1) is 18.6 Å². The Hall–Kier alpha value is -1.28. The van der Waals surface area contributed by atoms with Gasteiger partial charge < -0.3 is 0 Å². The largest absolute Gasteiger partial charge is 0.199 e. The predicted molar refractivity (Wildman–Crippen MR) is 61.8 cm³/mol. The van der Waals surface area contributed by atoms with Crippen molar-refractivity contribution in [3.8, 4) is 12.1 Å². The highest BCUT2D eigenvalue weighted by Crippen LogP contribution is 2.29. The molecule has 0 aliphatic heterocycles. The Balaban J connectivity index is 0.000000583. The van der Waals surface area contributed by atoms with E-state index in [-0.39, 0.29) is 0 Å². The molecule has 0 saturated heterocycles.